The van der Waals surface area contributed by atoms with Gasteiger partial charge in [0.25, 0.3) is 0 Å². The molecule has 0 saturated heterocycles. The fourth-order valence-corrected chi connectivity index (χ4v) is 13.3. The molecule has 0 fully saturated rings. The first kappa shape index (κ1) is 93.1. The first-order valence-electron chi connectivity index (χ1n) is 39.8. The molecule has 17 nitrogen and oxygen atoms in total. The molecule has 95 heavy (non-hydrogen) atoms. The molecule has 564 valence electrons. The number of ether oxygens (including phenoxy) is 4. The van der Waals surface area contributed by atoms with Gasteiger partial charge in [-0.3, -0.25) is 37.3 Å². The molecule has 0 aliphatic carbocycles. The molecule has 2 unspecified atom stereocenters. The minimum Gasteiger partial charge on any atom is -0.462 e. The molecule has 0 bridgehead atoms. The van der Waals surface area contributed by atoms with Crippen LogP contribution in [0, 0.1) is 0 Å². The summed E-state index contributed by atoms with van der Waals surface area (Å²) in [6.07, 6.45) is 61.0. The van der Waals surface area contributed by atoms with Gasteiger partial charge in [0.2, 0.25) is 0 Å². The number of phosphoric ester groups is 2. The Balaban J connectivity index is 5.19. The largest absolute Gasteiger partial charge is 0.472 e. The topological polar surface area (TPSA) is 237 Å². The first-order valence-corrected chi connectivity index (χ1v) is 42.8. The highest BCUT2D eigenvalue weighted by Gasteiger charge is 2.30. The van der Waals surface area contributed by atoms with Crippen LogP contribution < -0.4 is 0 Å². The number of aliphatic hydroxyl groups excluding tert-OH is 1. The number of rotatable bonds is 77. The van der Waals surface area contributed by atoms with Gasteiger partial charge in [-0.15, -0.1) is 0 Å². The zero-order valence-electron chi connectivity index (χ0n) is 61.6. The van der Waals surface area contributed by atoms with Gasteiger partial charge in [-0.05, 0) is 25.7 Å². The number of unbranched alkanes of at least 4 members (excludes halogenated alkanes) is 51. The van der Waals surface area contributed by atoms with Crippen LogP contribution in [0.2, 0.25) is 0 Å². The molecular weight excluding hydrogens is 1250 g/mol. The Morgan fingerprint density at radius 2 is 0.421 bits per heavy atom. The van der Waals surface area contributed by atoms with Crippen LogP contribution in [0.15, 0.2) is 0 Å². The summed E-state index contributed by atoms with van der Waals surface area (Å²) in [5.41, 5.74) is 0. The highest BCUT2D eigenvalue weighted by molar-refractivity contribution is 7.47. The highest BCUT2D eigenvalue weighted by Crippen LogP contribution is 2.45. The lowest BCUT2D eigenvalue weighted by atomic mass is 10.0. The Kier molecular flexibility index (Phi) is 69.1. The van der Waals surface area contributed by atoms with Crippen molar-refractivity contribution in [2.24, 2.45) is 0 Å². The van der Waals surface area contributed by atoms with Gasteiger partial charge >= 0.3 is 39.5 Å². The molecule has 5 atom stereocenters. The van der Waals surface area contributed by atoms with Gasteiger partial charge in [-0.25, -0.2) is 9.13 Å². The van der Waals surface area contributed by atoms with Crippen molar-refractivity contribution in [2.75, 3.05) is 39.6 Å². The summed E-state index contributed by atoms with van der Waals surface area (Å²) in [6, 6.07) is 0. The molecule has 0 saturated carbocycles. The number of carbonyl (C=O) groups excluding carboxylic acids is 4. The summed E-state index contributed by atoms with van der Waals surface area (Å²) in [7, 11) is -9.90. The molecule has 0 aromatic carbocycles. The first-order chi connectivity index (χ1) is 46.2. The smallest absolute Gasteiger partial charge is 0.462 e. The fourth-order valence-electron chi connectivity index (χ4n) is 11.8. The summed E-state index contributed by atoms with van der Waals surface area (Å²) < 4.78 is 68.5. The lowest BCUT2D eigenvalue weighted by Gasteiger charge is -2.21. The number of aliphatic hydroxyl groups is 1. The van der Waals surface area contributed by atoms with Gasteiger partial charge < -0.3 is 33.8 Å². The summed E-state index contributed by atoms with van der Waals surface area (Å²) in [6.45, 7) is 4.97. The van der Waals surface area contributed by atoms with Crippen LogP contribution in [0.1, 0.15) is 407 Å². The van der Waals surface area contributed by atoms with Gasteiger partial charge in [-0.1, -0.05) is 355 Å². The van der Waals surface area contributed by atoms with Crippen molar-refractivity contribution < 1.29 is 80.2 Å². The predicted octanol–water partition coefficient (Wildman–Crippen LogP) is 22.6. The van der Waals surface area contributed by atoms with Crippen molar-refractivity contribution in [1.82, 2.24) is 0 Å². The standard InChI is InChI=1S/C76H148O17P2/c1-5-9-13-17-21-25-28-30-32-33-34-35-36-38-40-43-47-51-55-59-63-76(81)93-72(67-87-74(79)61-57-53-49-45-42-39-37-31-29-26-22-18-14-10-6-2)69-91-95(84,85)89-65-70(77)64-88-94(82,83)90-68-71(66-86-73(78)60-56-52-48-44-24-20-16-12-8-4)92-75(80)62-58-54-50-46-41-27-23-19-15-11-7-3/h70-72,77H,5-69H2,1-4H3,(H,82,83)(H,84,85)/t70-,71+,72+/m0/s1. The number of esters is 4. The molecule has 0 heterocycles. The van der Waals surface area contributed by atoms with E-state index in [1.165, 1.54) is 238 Å². The van der Waals surface area contributed by atoms with Crippen LogP contribution in [0.3, 0.4) is 0 Å². The molecular formula is C76H148O17P2. The van der Waals surface area contributed by atoms with Crippen molar-refractivity contribution in [3.05, 3.63) is 0 Å². The Morgan fingerprint density at radius 1 is 0.253 bits per heavy atom. The van der Waals surface area contributed by atoms with Crippen molar-refractivity contribution >= 4 is 39.5 Å². The summed E-state index contributed by atoms with van der Waals surface area (Å²) in [5, 5.41) is 10.6. The van der Waals surface area contributed by atoms with E-state index < -0.39 is 97.5 Å². The second-order valence-electron chi connectivity index (χ2n) is 27.4. The third-order valence-electron chi connectivity index (χ3n) is 17.9. The molecule has 19 heteroatoms. The van der Waals surface area contributed by atoms with E-state index in [-0.39, 0.29) is 25.7 Å². The second kappa shape index (κ2) is 70.5. The van der Waals surface area contributed by atoms with Gasteiger partial charge in [0.1, 0.15) is 19.3 Å². The normalized spacial score (nSPS) is 13.9. The van der Waals surface area contributed by atoms with Crippen LogP contribution in [0.4, 0.5) is 0 Å². The van der Waals surface area contributed by atoms with E-state index in [2.05, 4.69) is 27.7 Å². The van der Waals surface area contributed by atoms with Crippen LogP contribution in [0.25, 0.3) is 0 Å². The summed E-state index contributed by atoms with van der Waals surface area (Å²) in [4.78, 5) is 72.7. The molecule has 0 aliphatic rings. The van der Waals surface area contributed by atoms with E-state index in [0.29, 0.717) is 25.7 Å². The van der Waals surface area contributed by atoms with Gasteiger partial charge in [0.05, 0.1) is 26.4 Å². The zero-order chi connectivity index (χ0) is 69.7. The molecule has 0 aromatic heterocycles. The van der Waals surface area contributed by atoms with E-state index >= 15 is 0 Å². The van der Waals surface area contributed by atoms with E-state index in [0.717, 1.165) is 89.9 Å². The van der Waals surface area contributed by atoms with Gasteiger partial charge in [0.15, 0.2) is 12.2 Å². The van der Waals surface area contributed by atoms with E-state index in [9.17, 15) is 43.2 Å². The highest BCUT2D eigenvalue weighted by atomic mass is 31.2. The number of hydrogen-bond acceptors (Lipinski definition) is 15. The van der Waals surface area contributed by atoms with Crippen LogP contribution in [0.5, 0.6) is 0 Å². The van der Waals surface area contributed by atoms with Crippen LogP contribution >= 0.6 is 15.6 Å². The third-order valence-corrected chi connectivity index (χ3v) is 19.8. The zero-order valence-corrected chi connectivity index (χ0v) is 63.4. The van der Waals surface area contributed by atoms with E-state index in [4.69, 9.17) is 37.0 Å². The molecule has 3 N–H and O–H groups in total. The Labute approximate surface area is 581 Å². The van der Waals surface area contributed by atoms with E-state index in [1.54, 1.807) is 0 Å². The number of phosphoric acid groups is 2. The molecule has 0 spiro atoms. The Morgan fingerprint density at radius 3 is 0.621 bits per heavy atom. The van der Waals surface area contributed by atoms with Gasteiger partial charge in [-0.2, -0.15) is 0 Å². The third kappa shape index (κ3) is 70.3. The van der Waals surface area contributed by atoms with Crippen LogP contribution in [-0.2, 0) is 65.4 Å². The lowest BCUT2D eigenvalue weighted by molar-refractivity contribution is -0.161. The van der Waals surface area contributed by atoms with E-state index in [1.807, 2.05) is 0 Å². The fraction of sp³-hybridized carbons (Fsp3) is 0.947. The predicted molar refractivity (Wildman–Crippen MR) is 386 cm³/mol. The SMILES string of the molecule is CCCCCCCCCCCCCCCCCCCCCCC(=O)O[C@H](COC(=O)CCCCCCCCCCCCCCCCC)COP(=O)(O)OC[C@@H](O)COP(=O)(O)OC[C@@H](COC(=O)CCCCCCCCCCC)OC(=O)CCCCCCCCCCCCC. The maximum atomic E-state index is 13.1. The van der Waals surface area contributed by atoms with Crippen molar-refractivity contribution in [3.63, 3.8) is 0 Å². The number of hydrogen-bond donors (Lipinski definition) is 3. The summed E-state index contributed by atoms with van der Waals surface area (Å²) in [5.74, 6) is -2.11. The molecule has 0 amide bonds. The number of carbonyl (C=O) groups is 4. The minimum atomic E-state index is -4.96. The Bertz CT molecular complexity index is 1810. The summed E-state index contributed by atoms with van der Waals surface area (Å²) >= 11 is 0. The maximum Gasteiger partial charge on any atom is 0.472 e. The van der Waals surface area contributed by atoms with Crippen molar-refractivity contribution in [1.29, 1.82) is 0 Å². The van der Waals surface area contributed by atoms with Crippen molar-refractivity contribution in [3.8, 4) is 0 Å². The molecule has 0 aromatic rings. The average Bonchev–Trinajstić information content (AvgIpc) is 2.95. The van der Waals surface area contributed by atoms with Gasteiger partial charge in [0, 0.05) is 25.7 Å². The molecule has 0 radical (unpaired) electrons. The molecule has 0 aliphatic heterocycles. The quantitative estimate of drug-likeness (QED) is 0.0222. The monoisotopic (exact) mass is 1400 g/mol. The van der Waals surface area contributed by atoms with Crippen LogP contribution in [-0.4, -0.2) is 96.7 Å². The second-order valence-corrected chi connectivity index (χ2v) is 30.3. The average molecular weight is 1400 g/mol. The lowest BCUT2D eigenvalue weighted by Crippen LogP contribution is -2.30. The van der Waals surface area contributed by atoms with Crippen molar-refractivity contribution in [2.45, 2.75) is 425 Å². The Hall–Kier alpha value is -1.94. The maximum absolute atomic E-state index is 13.1. The molecule has 0 rings (SSSR count). The minimum absolute atomic E-state index is 0.108.